The van der Waals surface area contributed by atoms with Crippen LogP contribution in [0, 0.1) is 6.92 Å². The van der Waals surface area contributed by atoms with Crippen molar-refractivity contribution < 1.29 is 4.79 Å². The Morgan fingerprint density at radius 2 is 1.91 bits per heavy atom. The van der Waals surface area contributed by atoms with Crippen LogP contribution in [0.5, 0.6) is 0 Å². The number of benzene rings is 3. The summed E-state index contributed by atoms with van der Waals surface area (Å²) in [4.78, 5) is 15.5. The first-order valence-corrected chi connectivity index (χ1v) is 12.1. The first kappa shape index (κ1) is 23.6. The molecule has 1 saturated heterocycles. The predicted molar refractivity (Wildman–Crippen MR) is 142 cm³/mol. The quantitative estimate of drug-likeness (QED) is 0.350. The average molecular weight is 528 g/mol. The molecule has 7 heteroatoms. The molecular weight excluding hydrogens is 500 g/mol. The molecule has 0 aromatic heterocycles. The third kappa shape index (κ3) is 5.52. The van der Waals surface area contributed by atoms with Gasteiger partial charge in [-0.3, -0.25) is 4.79 Å². The highest BCUT2D eigenvalue weighted by atomic mass is 79.9. The Morgan fingerprint density at radius 3 is 2.64 bits per heavy atom. The number of aryl methyl sites for hydroxylation is 1. The van der Waals surface area contributed by atoms with E-state index in [1.54, 1.807) is 6.07 Å². The van der Waals surface area contributed by atoms with Crippen molar-refractivity contribution in [2.45, 2.75) is 26.3 Å². The number of anilines is 4. The van der Waals surface area contributed by atoms with E-state index in [1.165, 1.54) is 0 Å². The molecule has 4 rings (SSSR count). The summed E-state index contributed by atoms with van der Waals surface area (Å²) in [7, 11) is 0. The van der Waals surface area contributed by atoms with Crippen molar-refractivity contribution in [2.24, 2.45) is 0 Å². The molecule has 0 spiro atoms. The summed E-state index contributed by atoms with van der Waals surface area (Å²) < 4.78 is 0.955. The molecule has 1 fully saturated rings. The minimum atomic E-state index is -0.189. The Kier molecular flexibility index (Phi) is 6.98. The first-order chi connectivity index (χ1) is 15.7. The smallest absolute Gasteiger partial charge is 0.257 e. The summed E-state index contributed by atoms with van der Waals surface area (Å²) in [5.74, 6) is -0.189. The maximum Gasteiger partial charge on any atom is 0.257 e. The van der Waals surface area contributed by atoms with E-state index >= 15 is 0 Å². The van der Waals surface area contributed by atoms with Gasteiger partial charge in [-0.05, 0) is 78.7 Å². The normalized spacial score (nSPS) is 15.2. The van der Waals surface area contributed by atoms with Crippen LogP contribution in [-0.2, 0) is 0 Å². The van der Waals surface area contributed by atoms with E-state index in [4.69, 9.17) is 11.6 Å². The van der Waals surface area contributed by atoms with Crippen molar-refractivity contribution in [3.05, 3.63) is 81.3 Å². The molecule has 3 aromatic rings. The van der Waals surface area contributed by atoms with E-state index < -0.39 is 0 Å². The minimum absolute atomic E-state index is 0.0568. The number of amides is 1. The Hall–Kier alpha value is -2.54. The van der Waals surface area contributed by atoms with E-state index in [0.717, 1.165) is 46.7 Å². The second-order valence-electron chi connectivity index (χ2n) is 8.95. The largest absolute Gasteiger partial charge is 0.368 e. The second kappa shape index (κ2) is 9.75. The monoisotopic (exact) mass is 526 g/mol. The molecule has 0 saturated carbocycles. The van der Waals surface area contributed by atoms with Crippen molar-refractivity contribution >= 4 is 56.2 Å². The van der Waals surface area contributed by atoms with Crippen molar-refractivity contribution in [1.29, 1.82) is 0 Å². The zero-order chi connectivity index (χ0) is 23.6. The molecule has 1 heterocycles. The lowest BCUT2D eigenvalue weighted by atomic mass is 10.0. The SMILES string of the molecule is Cc1cccc(Cl)c1Nc1ccccc1C(=O)Nc1ccc(N2CCNC(C)(C)C2)c(Br)c1. The summed E-state index contributed by atoms with van der Waals surface area (Å²) >= 11 is 10.1. The Bertz CT molecular complexity index is 1160. The highest BCUT2D eigenvalue weighted by Gasteiger charge is 2.26. The van der Waals surface area contributed by atoms with Crippen molar-refractivity contribution in [3.63, 3.8) is 0 Å². The van der Waals surface area contributed by atoms with Gasteiger partial charge in [0.25, 0.3) is 5.91 Å². The van der Waals surface area contributed by atoms with Crippen LogP contribution in [0.3, 0.4) is 0 Å². The van der Waals surface area contributed by atoms with Gasteiger partial charge in [-0.15, -0.1) is 0 Å². The van der Waals surface area contributed by atoms with Crippen molar-refractivity contribution in [2.75, 3.05) is 35.2 Å². The summed E-state index contributed by atoms with van der Waals surface area (Å²) in [5, 5.41) is 10.5. The number of nitrogens with one attached hydrogen (secondary N) is 3. The third-order valence-corrected chi connectivity index (χ3v) is 6.72. The summed E-state index contributed by atoms with van der Waals surface area (Å²) in [6.45, 7) is 9.18. The van der Waals surface area contributed by atoms with Crippen LogP contribution >= 0.6 is 27.5 Å². The summed E-state index contributed by atoms with van der Waals surface area (Å²) in [6, 6.07) is 19.1. The van der Waals surface area contributed by atoms with E-state index in [1.807, 2.05) is 55.5 Å². The lowest BCUT2D eigenvalue weighted by molar-refractivity contribution is 0.102. The molecule has 0 unspecified atom stereocenters. The van der Waals surface area contributed by atoms with Crippen LogP contribution in [-0.4, -0.2) is 31.1 Å². The lowest BCUT2D eigenvalue weighted by Crippen LogP contribution is -2.57. The Labute approximate surface area is 208 Å². The molecular formula is C26H28BrClN4O. The van der Waals surface area contributed by atoms with Gasteiger partial charge in [0.2, 0.25) is 0 Å². The molecule has 1 amide bonds. The number of hydrogen-bond acceptors (Lipinski definition) is 4. The average Bonchev–Trinajstić information content (AvgIpc) is 2.76. The van der Waals surface area contributed by atoms with E-state index in [0.29, 0.717) is 16.3 Å². The van der Waals surface area contributed by atoms with Gasteiger partial charge in [-0.2, -0.15) is 0 Å². The molecule has 0 bridgehead atoms. The number of hydrogen-bond donors (Lipinski definition) is 3. The summed E-state index contributed by atoms with van der Waals surface area (Å²) in [6.07, 6.45) is 0. The molecule has 33 heavy (non-hydrogen) atoms. The number of rotatable bonds is 5. The van der Waals surface area contributed by atoms with Crippen molar-refractivity contribution in [3.8, 4) is 0 Å². The van der Waals surface area contributed by atoms with Gasteiger partial charge in [-0.25, -0.2) is 0 Å². The third-order valence-electron chi connectivity index (χ3n) is 5.77. The van der Waals surface area contributed by atoms with Gasteiger partial charge in [0.15, 0.2) is 0 Å². The second-order valence-corrected chi connectivity index (χ2v) is 10.2. The van der Waals surface area contributed by atoms with E-state index in [2.05, 4.69) is 56.7 Å². The van der Waals surface area contributed by atoms with Crippen LogP contribution in [0.4, 0.5) is 22.7 Å². The van der Waals surface area contributed by atoms with Crippen molar-refractivity contribution in [1.82, 2.24) is 5.32 Å². The molecule has 0 radical (unpaired) electrons. The highest BCUT2D eigenvalue weighted by molar-refractivity contribution is 9.10. The molecule has 1 aliphatic rings. The standard InChI is InChI=1S/C26H28BrClN4O/c1-17-7-6-9-21(28)24(17)31-22-10-5-4-8-19(22)25(33)30-18-11-12-23(20(27)15-18)32-14-13-29-26(2,3)16-32/h4-12,15,29,31H,13-14,16H2,1-3H3,(H,30,33). The van der Waals surface area contributed by atoms with Gasteiger partial charge in [-0.1, -0.05) is 35.9 Å². The molecule has 1 aliphatic heterocycles. The topological polar surface area (TPSA) is 56.4 Å². The zero-order valence-electron chi connectivity index (χ0n) is 19.0. The number of halogens is 2. The van der Waals surface area contributed by atoms with Crippen LogP contribution in [0.15, 0.2) is 65.1 Å². The molecule has 172 valence electrons. The van der Waals surface area contributed by atoms with Crippen LogP contribution < -0.4 is 20.9 Å². The van der Waals surface area contributed by atoms with Gasteiger partial charge in [0.05, 0.1) is 27.6 Å². The van der Waals surface area contributed by atoms with E-state index in [-0.39, 0.29) is 11.4 Å². The van der Waals surface area contributed by atoms with E-state index in [9.17, 15) is 4.79 Å². The fraction of sp³-hybridized carbons (Fsp3) is 0.269. The lowest BCUT2D eigenvalue weighted by Gasteiger charge is -2.40. The maximum absolute atomic E-state index is 13.2. The Morgan fingerprint density at radius 1 is 1.12 bits per heavy atom. The Balaban J connectivity index is 1.53. The minimum Gasteiger partial charge on any atom is -0.368 e. The highest BCUT2D eigenvalue weighted by Crippen LogP contribution is 2.33. The van der Waals surface area contributed by atoms with Crippen LogP contribution in [0.1, 0.15) is 29.8 Å². The number of piperazine rings is 1. The van der Waals surface area contributed by atoms with Gasteiger partial charge >= 0.3 is 0 Å². The number of carbonyl (C=O) groups is 1. The number of nitrogens with zero attached hydrogens (tertiary/aromatic N) is 1. The van der Waals surface area contributed by atoms with Crippen LogP contribution in [0.2, 0.25) is 5.02 Å². The maximum atomic E-state index is 13.2. The predicted octanol–water partition coefficient (Wildman–Crippen LogP) is 6.60. The zero-order valence-corrected chi connectivity index (χ0v) is 21.3. The molecule has 0 atom stereocenters. The molecule has 3 aromatic carbocycles. The fourth-order valence-corrected chi connectivity index (χ4v) is 5.00. The van der Waals surface area contributed by atoms with Crippen LogP contribution in [0.25, 0.3) is 0 Å². The number of para-hydroxylation sites is 2. The van der Waals surface area contributed by atoms with Gasteiger partial charge in [0, 0.05) is 35.3 Å². The van der Waals surface area contributed by atoms with Gasteiger partial charge < -0.3 is 20.9 Å². The first-order valence-electron chi connectivity index (χ1n) is 11.0. The molecule has 3 N–H and O–H groups in total. The van der Waals surface area contributed by atoms with Gasteiger partial charge in [0.1, 0.15) is 0 Å². The summed E-state index contributed by atoms with van der Waals surface area (Å²) in [5.41, 5.74) is 4.96. The fourth-order valence-electron chi connectivity index (χ4n) is 4.10. The molecule has 5 nitrogen and oxygen atoms in total. The molecule has 0 aliphatic carbocycles. The number of carbonyl (C=O) groups excluding carboxylic acids is 1.